The van der Waals surface area contributed by atoms with Crippen molar-refractivity contribution in [3.8, 4) is 0 Å². The van der Waals surface area contributed by atoms with Crippen LogP contribution in [0.3, 0.4) is 0 Å². The summed E-state index contributed by atoms with van der Waals surface area (Å²) in [5.41, 5.74) is 1.14. The molecule has 0 unspecified atom stereocenters. The van der Waals surface area contributed by atoms with Crippen LogP contribution >= 0.6 is 0 Å². The van der Waals surface area contributed by atoms with Crippen molar-refractivity contribution in [2.45, 2.75) is 25.4 Å². The van der Waals surface area contributed by atoms with Crippen LogP contribution in [0.4, 0.5) is 17.5 Å². The third-order valence-corrected chi connectivity index (χ3v) is 5.02. The fraction of sp³-hybridized carbons (Fsp3) is 0.474. The highest BCUT2D eigenvalue weighted by molar-refractivity contribution is 5.43. The molecule has 8 nitrogen and oxygen atoms in total. The van der Waals surface area contributed by atoms with Gasteiger partial charge >= 0.3 is 0 Å². The van der Waals surface area contributed by atoms with E-state index in [1.54, 1.807) is 18.3 Å². The molecular formula is C19H26N6O2. The summed E-state index contributed by atoms with van der Waals surface area (Å²) >= 11 is 0. The molecule has 2 heterocycles. The molecule has 0 spiro atoms. The zero-order valence-corrected chi connectivity index (χ0v) is 16.1. The van der Waals surface area contributed by atoms with Gasteiger partial charge in [-0.05, 0) is 24.5 Å². The molecule has 1 aromatic heterocycles. The fourth-order valence-corrected chi connectivity index (χ4v) is 3.43. The normalized spacial score (nSPS) is 15.5. The van der Waals surface area contributed by atoms with Gasteiger partial charge in [-0.25, -0.2) is 4.98 Å². The van der Waals surface area contributed by atoms with E-state index in [1.807, 2.05) is 31.1 Å². The second-order valence-corrected chi connectivity index (χ2v) is 7.15. The zero-order chi connectivity index (χ0) is 19.4. The lowest BCUT2D eigenvalue weighted by molar-refractivity contribution is -0.384. The molecule has 1 aliphatic rings. The molecule has 0 bridgehead atoms. The predicted octanol–water partition coefficient (Wildman–Crippen LogP) is 2.55. The Morgan fingerprint density at radius 2 is 1.96 bits per heavy atom. The van der Waals surface area contributed by atoms with Crippen molar-refractivity contribution in [3.05, 3.63) is 52.2 Å². The predicted molar refractivity (Wildman–Crippen MR) is 106 cm³/mol. The van der Waals surface area contributed by atoms with E-state index in [4.69, 9.17) is 0 Å². The Morgan fingerprint density at radius 3 is 2.63 bits per heavy atom. The Kier molecular flexibility index (Phi) is 5.85. The summed E-state index contributed by atoms with van der Waals surface area (Å²) in [5.74, 6) is 1.65. The molecule has 3 rings (SSSR count). The van der Waals surface area contributed by atoms with Crippen LogP contribution in [0.2, 0.25) is 0 Å². The minimum Gasteiger partial charge on any atom is -0.356 e. The van der Waals surface area contributed by atoms with Crippen molar-refractivity contribution in [2.75, 3.05) is 44.0 Å². The maximum absolute atomic E-state index is 10.9. The van der Waals surface area contributed by atoms with Crippen LogP contribution in [-0.4, -0.2) is 60.1 Å². The monoisotopic (exact) mass is 370 g/mol. The van der Waals surface area contributed by atoms with Crippen LogP contribution in [0.1, 0.15) is 18.4 Å². The molecule has 0 aliphatic carbocycles. The fourth-order valence-electron chi connectivity index (χ4n) is 3.43. The lowest BCUT2D eigenvalue weighted by Gasteiger charge is -2.37. The van der Waals surface area contributed by atoms with Crippen molar-refractivity contribution in [1.82, 2.24) is 14.9 Å². The van der Waals surface area contributed by atoms with Crippen LogP contribution in [0.25, 0.3) is 0 Å². The van der Waals surface area contributed by atoms with Gasteiger partial charge < -0.3 is 9.80 Å². The number of hydrogen-bond acceptors (Lipinski definition) is 7. The van der Waals surface area contributed by atoms with Gasteiger partial charge in [0.1, 0.15) is 5.82 Å². The van der Waals surface area contributed by atoms with Gasteiger partial charge in [0, 0.05) is 65.1 Å². The highest BCUT2D eigenvalue weighted by Gasteiger charge is 2.24. The smallest absolute Gasteiger partial charge is 0.269 e. The first-order chi connectivity index (χ1) is 12.9. The molecule has 2 aromatic rings. The second kappa shape index (κ2) is 8.30. The quantitative estimate of drug-likeness (QED) is 0.571. The molecule has 1 fully saturated rings. The molecule has 27 heavy (non-hydrogen) atoms. The van der Waals surface area contributed by atoms with E-state index in [0.29, 0.717) is 12.0 Å². The summed E-state index contributed by atoms with van der Waals surface area (Å²) in [6.07, 6.45) is 3.87. The number of piperidine rings is 1. The Morgan fingerprint density at radius 1 is 1.22 bits per heavy atom. The number of nitrogens with zero attached hydrogens (tertiary/aromatic N) is 6. The molecular weight excluding hydrogens is 344 g/mol. The standard InChI is InChI=1S/C19H26N6O2/c1-22(2)19-20-10-7-18(21-19)23(3)16-8-11-24(12-9-16)14-15-5-4-6-17(13-15)25(26)27/h4-7,10,13,16H,8-9,11-12,14H2,1-3H3. The molecule has 1 saturated heterocycles. The first-order valence-electron chi connectivity index (χ1n) is 9.13. The molecule has 8 heteroatoms. The van der Waals surface area contributed by atoms with Gasteiger partial charge in [0.2, 0.25) is 5.95 Å². The highest BCUT2D eigenvalue weighted by Crippen LogP contribution is 2.23. The van der Waals surface area contributed by atoms with Gasteiger partial charge in [-0.3, -0.25) is 15.0 Å². The van der Waals surface area contributed by atoms with Crippen LogP contribution < -0.4 is 9.80 Å². The van der Waals surface area contributed by atoms with E-state index in [9.17, 15) is 10.1 Å². The molecule has 144 valence electrons. The molecule has 0 saturated carbocycles. The van der Waals surface area contributed by atoms with E-state index in [0.717, 1.165) is 43.9 Å². The third kappa shape index (κ3) is 4.71. The second-order valence-electron chi connectivity index (χ2n) is 7.15. The van der Waals surface area contributed by atoms with Gasteiger partial charge in [0.05, 0.1) is 4.92 Å². The average Bonchev–Trinajstić information content (AvgIpc) is 2.68. The SMILES string of the molecule is CN(C)c1nccc(N(C)C2CCN(Cc3cccc([N+](=O)[O-])c3)CC2)n1. The van der Waals surface area contributed by atoms with Crippen molar-refractivity contribution in [1.29, 1.82) is 0 Å². The topological polar surface area (TPSA) is 78.6 Å². The molecule has 0 N–H and O–H groups in total. The number of nitro groups is 1. The third-order valence-electron chi connectivity index (χ3n) is 5.02. The number of rotatable bonds is 6. The number of anilines is 2. The van der Waals surface area contributed by atoms with Crippen molar-refractivity contribution >= 4 is 17.5 Å². The van der Waals surface area contributed by atoms with Crippen LogP contribution in [-0.2, 0) is 6.54 Å². The van der Waals surface area contributed by atoms with Crippen LogP contribution in [0.15, 0.2) is 36.5 Å². The lowest BCUT2D eigenvalue weighted by Crippen LogP contribution is -2.43. The first kappa shape index (κ1) is 19.0. The van der Waals surface area contributed by atoms with E-state index in [2.05, 4.69) is 26.8 Å². The summed E-state index contributed by atoms with van der Waals surface area (Å²) in [4.78, 5) is 26.0. The zero-order valence-electron chi connectivity index (χ0n) is 16.1. The summed E-state index contributed by atoms with van der Waals surface area (Å²) in [7, 11) is 5.96. The largest absolute Gasteiger partial charge is 0.356 e. The van der Waals surface area contributed by atoms with Crippen molar-refractivity contribution in [2.24, 2.45) is 0 Å². The first-order valence-corrected chi connectivity index (χ1v) is 9.13. The van der Waals surface area contributed by atoms with Crippen molar-refractivity contribution < 1.29 is 4.92 Å². The number of aromatic nitrogens is 2. The van der Waals surface area contributed by atoms with Gasteiger partial charge in [0.15, 0.2) is 0 Å². The van der Waals surface area contributed by atoms with E-state index < -0.39 is 0 Å². The maximum atomic E-state index is 10.9. The van der Waals surface area contributed by atoms with E-state index in [-0.39, 0.29) is 10.6 Å². The van der Waals surface area contributed by atoms with Crippen LogP contribution in [0.5, 0.6) is 0 Å². The van der Waals surface area contributed by atoms with Crippen LogP contribution in [0, 0.1) is 10.1 Å². The number of nitro benzene ring substituents is 1. The average molecular weight is 370 g/mol. The van der Waals surface area contributed by atoms with Gasteiger partial charge in [-0.1, -0.05) is 12.1 Å². The molecule has 1 aliphatic heterocycles. The maximum Gasteiger partial charge on any atom is 0.269 e. The van der Waals surface area contributed by atoms with E-state index >= 15 is 0 Å². The molecule has 0 atom stereocenters. The molecule has 0 radical (unpaired) electrons. The Hall–Kier alpha value is -2.74. The van der Waals surface area contributed by atoms with Gasteiger partial charge in [0.25, 0.3) is 5.69 Å². The minimum atomic E-state index is -0.339. The summed E-state index contributed by atoms with van der Waals surface area (Å²) in [6.45, 7) is 2.67. The summed E-state index contributed by atoms with van der Waals surface area (Å²) < 4.78 is 0. The highest BCUT2D eigenvalue weighted by atomic mass is 16.6. The van der Waals surface area contributed by atoms with Crippen molar-refractivity contribution in [3.63, 3.8) is 0 Å². The Labute approximate surface area is 159 Å². The summed E-state index contributed by atoms with van der Waals surface area (Å²) in [5, 5.41) is 10.9. The molecule has 1 aromatic carbocycles. The van der Waals surface area contributed by atoms with E-state index in [1.165, 1.54) is 6.07 Å². The Bertz CT molecular complexity index is 789. The minimum absolute atomic E-state index is 0.155. The number of benzene rings is 1. The number of likely N-dealkylation sites (tertiary alicyclic amines) is 1. The number of hydrogen-bond donors (Lipinski definition) is 0. The Balaban J connectivity index is 1.58. The molecule has 0 amide bonds. The van der Waals surface area contributed by atoms with Gasteiger partial charge in [-0.2, -0.15) is 4.98 Å². The summed E-state index contributed by atoms with van der Waals surface area (Å²) in [6, 6.07) is 9.29. The lowest BCUT2D eigenvalue weighted by atomic mass is 10.0. The van der Waals surface area contributed by atoms with Gasteiger partial charge in [-0.15, -0.1) is 0 Å². The number of non-ortho nitro benzene ring substituents is 1.